The number of anilines is 3. The maximum Gasteiger partial charge on any atom is 0.269 e. The van der Waals surface area contributed by atoms with Crippen molar-refractivity contribution < 1.29 is 28.9 Å². The largest absolute Gasteiger partial charge is 0.497 e. The fourth-order valence-electron chi connectivity index (χ4n) is 9.91. The van der Waals surface area contributed by atoms with Gasteiger partial charge in [-0.2, -0.15) is 0 Å². The minimum Gasteiger partial charge on any atom is -0.497 e. The summed E-state index contributed by atoms with van der Waals surface area (Å²) in [4.78, 5) is 32.0. The molecule has 5 atom stereocenters. The third kappa shape index (κ3) is 6.68. The molecular formula is C48H49N5O6Si. The number of carbonyl (C=O) groups excluding carboxylic acids is 2. The van der Waals surface area contributed by atoms with Gasteiger partial charge in [0, 0.05) is 29.9 Å². The van der Waals surface area contributed by atoms with Gasteiger partial charge in [-0.3, -0.25) is 19.2 Å². The van der Waals surface area contributed by atoms with Crippen LogP contribution in [0.4, 0.5) is 17.1 Å². The summed E-state index contributed by atoms with van der Waals surface area (Å²) in [5.74, 6) is 0.805. The van der Waals surface area contributed by atoms with Gasteiger partial charge in [-0.15, -0.1) is 5.10 Å². The number of ether oxygens (including phenoxy) is 3. The van der Waals surface area contributed by atoms with E-state index < -0.39 is 13.7 Å². The van der Waals surface area contributed by atoms with Crippen molar-refractivity contribution in [3.63, 3.8) is 0 Å². The van der Waals surface area contributed by atoms with Crippen LogP contribution in [0.3, 0.4) is 0 Å². The van der Waals surface area contributed by atoms with Crippen LogP contribution in [-0.2, 0) is 33.0 Å². The molecule has 3 aliphatic rings. The molecule has 6 aromatic rings. The third-order valence-corrected chi connectivity index (χ3v) is 17.3. The molecule has 1 spiro atoms. The summed E-state index contributed by atoms with van der Waals surface area (Å²) in [5.41, 5.74) is 4.63. The first kappa shape index (κ1) is 39.4. The normalized spacial score (nSPS) is 21.5. The van der Waals surface area contributed by atoms with Crippen LogP contribution in [0.2, 0.25) is 18.6 Å². The Labute approximate surface area is 351 Å². The van der Waals surface area contributed by atoms with Gasteiger partial charge in [0.05, 0.1) is 57.4 Å². The van der Waals surface area contributed by atoms with E-state index in [2.05, 4.69) is 48.5 Å². The number of nitrogens with zero attached hydrogens (tertiary/aromatic N) is 5. The van der Waals surface area contributed by atoms with Crippen molar-refractivity contribution in [3.8, 4) is 11.5 Å². The number of aryl methyl sites for hydroxylation is 1. The first-order valence-corrected chi connectivity index (χ1v) is 23.6. The van der Waals surface area contributed by atoms with Crippen LogP contribution in [0.5, 0.6) is 11.5 Å². The van der Waals surface area contributed by atoms with Gasteiger partial charge < -0.3 is 24.2 Å². The lowest BCUT2D eigenvalue weighted by molar-refractivity contribution is -0.146. The summed E-state index contributed by atoms with van der Waals surface area (Å²) in [7, 11) is -0.698. The maximum atomic E-state index is 15.3. The number of aliphatic hydroxyl groups is 1. The molecule has 1 unspecified atom stereocenters. The summed E-state index contributed by atoms with van der Waals surface area (Å²) in [6, 6.07) is 41.6. The van der Waals surface area contributed by atoms with E-state index in [1.165, 1.54) is 5.19 Å². The second kappa shape index (κ2) is 15.8. The Morgan fingerprint density at radius 2 is 1.58 bits per heavy atom. The molecule has 5 aromatic carbocycles. The number of amides is 2. The highest BCUT2D eigenvalue weighted by Crippen LogP contribution is 2.60. The van der Waals surface area contributed by atoms with Crippen molar-refractivity contribution >= 4 is 42.1 Å². The zero-order valence-corrected chi connectivity index (χ0v) is 35.3. The molecule has 1 fully saturated rings. The molecule has 0 aliphatic carbocycles. The van der Waals surface area contributed by atoms with Crippen molar-refractivity contribution in [3.05, 3.63) is 156 Å². The Hall–Kier alpha value is -6.08. The summed E-state index contributed by atoms with van der Waals surface area (Å²) < 4.78 is 20.4. The van der Waals surface area contributed by atoms with Crippen LogP contribution in [0.15, 0.2) is 134 Å². The molecule has 2 amide bonds. The van der Waals surface area contributed by atoms with Crippen molar-refractivity contribution in [2.45, 2.75) is 62.7 Å². The number of hydrogen-bond acceptors (Lipinski definition) is 8. The van der Waals surface area contributed by atoms with Crippen molar-refractivity contribution in [1.29, 1.82) is 0 Å². The number of hydrogen-bond donors (Lipinski definition) is 1. The second-order valence-corrected chi connectivity index (χ2v) is 21.2. The smallest absolute Gasteiger partial charge is 0.269 e. The molecule has 11 nitrogen and oxygen atoms in total. The molecule has 4 heterocycles. The molecule has 3 aliphatic heterocycles. The van der Waals surface area contributed by atoms with E-state index in [9.17, 15) is 9.90 Å². The lowest BCUT2D eigenvalue weighted by atomic mass is 9.82. The minimum absolute atomic E-state index is 0.0312. The number of rotatable bonds is 12. The molecule has 0 radical (unpaired) electrons. The summed E-state index contributed by atoms with van der Waals surface area (Å²) in [6.07, 6.45) is 2.26. The van der Waals surface area contributed by atoms with Crippen LogP contribution in [0.25, 0.3) is 0 Å². The van der Waals surface area contributed by atoms with Crippen LogP contribution in [0, 0.1) is 5.92 Å². The summed E-state index contributed by atoms with van der Waals surface area (Å²) in [5, 5.41) is 20.6. The van der Waals surface area contributed by atoms with E-state index in [-0.39, 0.29) is 48.5 Å². The van der Waals surface area contributed by atoms with E-state index >= 15 is 4.79 Å². The van der Waals surface area contributed by atoms with E-state index in [0.717, 1.165) is 33.8 Å². The van der Waals surface area contributed by atoms with Crippen LogP contribution in [-0.4, -0.2) is 66.4 Å². The van der Waals surface area contributed by atoms with Crippen molar-refractivity contribution in [1.82, 2.24) is 15.0 Å². The van der Waals surface area contributed by atoms with Gasteiger partial charge in [-0.05, 0) is 65.6 Å². The molecule has 306 valence electrons. The monoisotopic (exact) mass is 819 g/mol. The summed E-state index contributed by atoms with van der Waals surface area (Å²) in [6.45, 7) is 7.72. The Morgan fingerprint density at radius 1 is 0.883 bits per heavy atom. The average molecular weight is 820 g/mol. The number of para-hydroxylation sites is 3. The first-order chi connectivity index (χ1) is 29.1. The Balaban J connectivity index is 1.03. The lowest BCUT2D eigenvalue weighted by Gasteiger charge is -2.37. The predicted octanol–water partition coefficient (Wildman–Crippen LogP) is 7.32. The van der Waals surface area contributed by atoms with Crippen LogP contribution < -0.4 is 24.5 Å². The number of methoxy groups -OCH3 is 1. The Kier molecular flexibility index (Phi) is 10.4. The van der Waals surface area contributed by atoms with Crippen LogP contribution in [0.1, 0.15) is 41.6 Å². The van der Waals surface area contributed by atoms with Gasteiger partial charge in [-0.25, -0.2) is 0 Å². The lowest BCUT2D eigenvalue weighted by Crippen LogP contribution is -2.51. The fraction of sp³-hybridized carbons (Fsp3) is 0.292. The molecule has 60 heavy (non-hydrogen) atoms. The maximum absolute atomic E-state index is 15.3. The standard InChI is InChI=1S/C48H49N5O6Si/c1-32-46(60(3,4)37-24-22-36(57-2)23-25-37)44(26-27-51-29-40(49-50-51)38(30-54)34-12-6-5-7-13-34)59-48(32)39-14-8-9-15-41(39)52(47(48)56)28-33-18-20-35(21-19-33)53-42-16-10-11-17-43(42)58-31-45(53)55/h5-25,29,32,38,44,46,54H,26-28,30-31H2,1-4H3/t32-,38?,44+,46-,48+/m0/s1. The Morgan fingerprint density at radius 3 is 2.32 bits per heavy atom. The average Bonchev–Trinajstić information content (AvgIpc) is 3.94. The van der Waals surface area contributed by atoms with E-state index in [1.54, 1.807) is 12.0 Å². The highest BCUT2D eigenvalue weighted by Gasteiger charge is 2.66. The van der Waals surface area contributed by atoms with Gasteiger partial charge in [0.1, 0.15) is 11.5 Å². The zero-order valence-electron chi connectivity index (χ0n) is 34.3. The first-order valence-electron chi connectivity index (χ1n) is 20.6. The molecule has 1 aromatic heterocycles. The number of carbonyl (C=O) groups is 2. The molecule has 12 heteroatoms. The third-order valence-electron chi connectivity index (χ3n) is 12.9. The van der Waals surface area contributed by atoms with Gasteiger partial charge in [0.2, 0.25) is 0 Å². The second-order valence-electron chi connectivity index (χ2n) is 16.6. The highest BCUT2D eigenvalue weighted by molar-refractivity contribution is 6.91. The SMILES string of the molecule is COc1ccc([Si](C)(C)[C@@H]2[C@@H](CCn3cc(C(CO)c4ccccc4)nn3)O[C@]3(C(=O)N(Cc4ccc(N5C(=O)COc6ccccc65)cc4)c4ccccc43)[C@H]2C)cc1. The van der Waals surface area contributed by atoms with E-state index in [1.807, 2.05) is 125 Å². The predicted molar refractivity (Wildman–Crippen MR) is 233 cm³/mol. The van der Waals surface area contributed by atoms with E-state index in [4.69, 9.17) is 14.2 Å². The van der Waals surface area contributed by atoms with Crippen molar-refractivity contribution in [2.24, 2.45) is 5.92 Å². The van der Waals surface area contributed by atoms with Gasteiger partial charge in [-0.1, -0.05) is 115 Å². The topological polar surface area (TPSA) is 119 Å². The Bertz CT molecular complexity index is 2510. The summed E-state index contributed by atoms with van der Waals surface area (Å²) >= 11 is 0. The molecule has 1 N–H and O–H groups in total. The zero-order chi connectivity index (χ0) is 41.6. The highest BCUT2D eigenvalue weighted by atomic mass is 28.3. The van der Waals surface area contributed by atoms with Crippen LogP contribution >= 0.6 is 0 Å². The molecule has 9 rings (SSSR count). The number of aliphatic hydroxyl groups excluding tert-OH is 1. The van der Waals surface area contributed by atoms with E-state index in [0.29, 0.717) is 36.6 Å². The molecule has 1 saturated heterocycles. The van der Waals surface area contributed by atoms with Gasteiger partial charge >= 0.3 is 0 Å². The number of fused-ring (bicyclic) bond motifs is 3. The molecule has 0 bridgehead atoms. The molecule has 0 saturated carbocycles. The fourth-order valence-corrected chi connectivity index (χ4v) is 14.0. The van der Waals surface area contributed by atoms with Gasteiger partial charge in [0.25, 0.3) is 11.8 Å². The number of aromatic nitrogens is 3. The number of benzene rings is 5. The van der Waals surface area contributed by atoms with Gasteiger partial charge in [0.15, 0.2) is 12.2 Å². The molecular weight excluding hydrogens is 771 g/mol. The quantitative estimate of drug-likeness (QED) is 0.128. The van der Waals surface area contributed by atoms with Crippen molar-refractivity contribution in [2.75, 3.05) is 30.1 Å². The minimum atomic E-state index is -2.37.